The van der Waals surface area contributed by atoms with Gasteiger partial charge in [-0.15, -0.1) is 0 Å². The molecule has 2 aliphatic heterocycles. The van der Waals surface area contributed by atoms with Gasteiger partial charge in [-0.25, -0.2) is 4.39 Å². The number of hydrogen-bond donors (Lipinski definition) is 0. The fraction of sp³-hybridized carbons (Fsp3) is 0.345. The van der Waals surface area contributed by atoms with Crippen LogP contribution in [0.4, 0.5) is 4.39 Å². The summed E-state index contributed by atoms with van der Waals surface area (Å²) in [5.74, 6) is 1.05. The Bertz CT molecular complexity index is 1050. The number of benzene rings is 3. The Hall–Kier alpha value is -2.98. The first-order chi connectivity index (χ1) is 16.2. The summed E-state index contributed by atoms with van der Waals surface area (Å²) in [7, 11) is 0. The lowest BCUT2D eigenvalue weighted by atomic mass is 9.86. The van der Waals surface area contributed by atoms with E-state index in [0.717, 1.165) is 26.2 Å². The van der Waals surface area contributed by atoms with Gasteiger partial charge >= 0.3 is 0 Å². The fourth-order valence-corrected chi connectivity index (χ4v) is 5.58. The van der Waals surface area contributed by atoms with E-state index in [1.165, 1.54) is 36.1 Å². The normalized spacial score (nSPS) is 21.9. The minimum Gasteiger partial charge on any atom is -0.338 e. The molecule has 1 amide bonds. The van der Waals surface area contributed by atoms with Crippen LogP contribution in [0.3, 0.4) is 0 Å². The average Bonchev–Trinajstić information content (AvgIpc) is 3.29. The molecule has 2 heterocycles. The molecular formula is C29H31FN2O. The molecule has 4 heteroatoms. The third kappa shape index (κ3) is 5.01. The van der Waals surface area contributed by atoms with Crippen molar-refractivity contribution in [3.8, 4) is 0 Å². The van der Waals surface area contributed by atoms with Crippen molar-refractivity contribution in [2.75, 3.05) is 32.7 Å². The summed E-state index contributed by atoms with van der Waals surface area (Å²) in [6.07, 6.45) is 2.37. The van der Waals surface area contributed by atoms with E-state index in [1.807, 2.05) is 11.0 Å². The van der Waals surface area contributed by atoms with Crippen molar-refractivity contribution in [2.45, 2.75) is 24.7 Å². The third-order valence-corrected chi connectivity index (χ3v) is 7.40. The molecule has 0 N–H and O–H groups in total. The predicted molar refractivity (Wildman–Crippen MR) is 130 cm³/mol. The monoisotopic (exact) mass is 442 g/mol. The van der Waals surface area contributed by atoms with Crippen LogP contribution in [0.2, 0.25) is 0 Å². The van der Waals surface area contributed by atoms with Crippen molar-refractivity contribution in [2.24, 2.45) is 5.92 Å². The summed E-state index contributed by atoms with van der Waals surface area (Å²) in [5.41, 5.74) is 3.32. The number of carbonyl (C=O) groups excluding carboxylic acids is 1. The number of hydrogen-bond acceptors (Lipinski definition) is 2. The number of likely N-dealkylation sites (tertiary alicyclic amines) is 2. The maximum atomic E-state index is 13.3. The summed E-state index contributed by atoms with van der Waals surface area (Å²) < 4.78 is 13.3. The van der Waals surface area contributed by atoms with E-state index < -0.39 is 0 Å². The Morgan fingerprint density at radius 3 is 2.03 bits per heavy atom. The number of amides is 1. The van der Waals surface area contributed by atoms with Crippen LogP contribution in [0.25, 0.3) is 0 Å². The molecule has 0 radical (unpaired) electrons. The topological polar surface area (TPSA) is 23.6 Å². The highest BCUT2D eigenvalue weighted by Gasteiger charge is 2.37. The van der Waals surface area contributed by atoms with Crippen LogP contribution in [-0.2, 0) is 0 Å². The maximum Gasteiger partial charge on any atom is 0.253 e. The van der Waals surface area contributed by atoms with E-state index >= 15 is 0 Å². The second kappa shape index (κ2) is 9.88. The molecule has 0 aromatic heterocycles. The minimum absolute atomic E-state index is 0.00113. The van der Waals surface area contributed by atoms with Crippen LogP contribution in [0, 0.1) is 11.7 Å². The predicted octanol–water partition coefficient (Wildman–Crippen LogP) is 5.56. The van der Waals surface area contributed by atoms with E-state index in [4.69, 9.17) is 0 Å². The van der Waals surface area contributed by atoms with Gasteiger partial charge in [-0.1, -0.05) is 60.7 Å². The molecule has 3 nitrogen and oxygen atoms in total. The van der Waals surface area contributed by atoms with Crippen LogP contribution < -0.4 is 0 Å². The molecule has 0 aliphatic carbocycles. The first kappa shape index (κ1) is 21.8. The zero-order chi connectivity index (χ0) is 22.6. The summed E-state index contributed by atoms with van der Waals surface area (Å²) in [5, 5.41) is 0. The minimum atomic E-state index is -0.313. The van der Waals surface area contributed by atoms with E-state index in [-0.39, 0.29) is 11.7 Å². The summed E-state index contributed by atoms with van der Waals surface area (Å²) >= 11 is 0. The summed E-state index contributed by atoms with van der Waals surface area (Å²) in [6.45, 7) is 4.67. The molecule has 2 fully saturated rings. The molecule has 170 valence electrons. The van der Waals surface area contributed by atoms with Crippen LogP contribution in [-0.4, -0.2) is 48.4 Å². The number of rotatable bonds is 5. The van der Waals surface area contributed by atoms with Crippen molar-refractivity contribution in [1.29, 1.82) is 0 Å². The largest absolute Gasteiger partial charge is 0.338 e. The van der Waals surface area contributed by atoms with Crippen LogP contribution in [0.1, 0.15) is 46.2 Å². The van der Waals surface area contributed by atoms with Gasteiger partial charge in [0.25, 0.3) is 5.91 Å². The lowest BCUT2D eigenvalue weighted by Crippen LogP contribution is -2.38. The zero-order valence-electron chi connectivity index (χ0n) is 18.9. The molecule has 2 aliphatic rings. The van der Waals surface area contributed by atoms with Crippen LogP contribution in [0.5, 0.6) is 0 Å². The highest BCUT2D eigenvalue weighted by Crippen LogP contribution is 2.35. The molecule has 3 aromatic carbocycles. The molecule has 3 aromatic rings. The van der Waals surface area contributed by atoms with Crippen LogP contribution in [0.15, 0.2) is 84.9 Å². The molecular weight excluding hydrogens is 411 g/mol. The second-order valence-electron chi connectivity index (χ2n) is 9.48. The fourth-order valence-electron chi connectivity index (χ4n) is 5.58. The summed E-state index contributed by atoms with van der Waals surface area (Å²) in [6, 6.07) is 27.4. The Balaban J connectivity index is 1.27. The summed E-state index contributed by atoms with van der Waals surface area (Å²) in [4.78, 5) is 17.7. The lowest BCUT2D eigenvalue weighted by Gasteiger charge is -2.34. The van der Waals surface area contributed by atoms with Gasteiger partial charge in [-0.3, -0.25) is 4.79 Å². The Morgan fingerprint density at radius 1 is 0.788 bits per heavy atom. The maximum absolute atomic E-state index is 13.3. The lowest BCUT2D eigenvalue weighted by molar-refractivity contribution is 0.0781. The molecule has 33 heavy (non-hydrogen) atoms. The van der Waals surface area contributed by atoms with Crippen LogP contribution >= 0.6 is 0 Å². The quantitative estimate of drug-likeness (QED) is 0.516. The van der Waals surface area contributed by atoms with Gasteiger partial charge in [0.2, 0.25) is 0 Å². The molecule has 0 saturated carbocycles. The second-order valence-corrected chi connectivity index (χ2v) is 9.48. The molecule has 0 spiro atoms. The van der Waals surface area contributed by atoms with Crippen molar-refractivity contribution in [3.05, 3.63) is 107 Å². The van der Waals surface area contributed by atoms with Gasteiger partial charge in [0.1, 0.15) is 5.82 Å². The van der Waals surface area contributed by atoms with Crippen molar-refractivity contribution < 1.29 is 9.18 Å². The highest BCUT2D eigenvalue weighted by molar-refractivity contribution is 5.94. The Kier molecular flexibility index (Phi) is 6.54. The van der Waals surface area contributed by atoms with Gasteiger partial charge in [-0.05, 0) is 73.2 Å². The smallest absolute Gasteiger partial charge is 0.253 e. The van der Waals surface area contributed by atoms with E-state index in [9.17, 15) is 9.18 Å². The number of carbonyl (C=O) groups is 1. The molecule has 2 saturated heterocycles. The first-order valence-corrected chi connectivity index (χ1v) is 12.0. The SMILES string of the molecule is O=C(c1ccc(F)cc1)N1C[C@@H](CN2CCC(c3ccccc3)CC2)[C@H](c2ccccc2)C1. The van der Waals surface area contributed by atoms with Crippen molar-refractivity contribution >= 4 is 5.91 Å². The van der Waals surface area contributed by atoms with Gasteiger partial charge in [0.05, 0.1) is 0 Å². The highest BCUT2D eigenvalue weighted by atomic mass is 19.1. The Morgan fingerprint density at radius 2 is 1.39 bits per heavy atom. The van der Waals surface area contributed by atoms with Gasteiger partial charge in [0.15, 0.2) is 0 Å². The number of piperidine rings is 1. The van der Waals surface area contributed by atoms with Crippen molar-refractivity contribution in [1.82, 2.24) is 9.80 Å². The first-order valence-electron chi connectivity index (χ1n) is 12.0. The van der Waals surface area contributed by atoms with E-state index in [1.54, 1.807) is 12.1 Å². The number of halogens is 1. The zero-order valence-corrected chi connectivity index (χ0v) is 18.9. The van der Waals surface area contributed by atoms with Gasteiger partial charge < -0.3 is 9.80 Å². The standard InChI is InChI=1S/C29H31FN2O/c30-27-13-11-25(12-14-27)29(33)32-20-26(28(21-32)24-9-5-2-6-10-24)19-31-17-15-23(16-18-31)22-7-3-1-4-8-22/h1-14,23,26,28H,15-21H2/t26-,28+/m1/s1. The average molecular weight is 443 g/mol. The van der Waals surface area contributed by atoms with E-state index in [0.29, 0.717) is 29.9 Å². The molecule has 2 atom stereocenters. The number of nitrogens with zero attached hydrogens (tertiary/aromatic N) is 2. The van der Waals surface area contributed by atoms with E-state index in [2.05, 4.69) is 59.5 Å². The molecule has 5 rings (SSSR count). The Labute approximate surface area is 195 Å². The third-order valence-electron chi connectivity index (χ3n) is 7.40. The molecule has 0 bridgehead atoms. The van der Waals surface area contributed by atoms with Gasteiger partial charge in [0, 0.05) is 31.1 Å². The van der Waals surface area contributed by atoms with Crippen molar-refractivity contribution in [3.63, 3.8) is 0 Å². The molecule has 0 unspecified atom stereocenters. The van der Waals surface area contributed by atoms with Gasteiger partial charge in [-0.2, -0.15) is 0 Å².